The van der Waals surface area contributed by atoms with Gasteiger partial charge < -0.3 is 4.74 Å². The number of carbonyl (C=O) groups is 1. The normalized spacial score (nSPS) is 10.8. The summed E-state index contributed by atoms with van der Waals surface area (Å²) in [5, 5.41) is 2.09. The molecule has 0 aliphatic heterocycles. The molecule has 144 valence electrons. The molecule has 4 rings (SSSR count). The number of pyridine rings is 1. The van der Waals surface area contributed by atoms with E-state index in [9.17, 15) is 4.79 Å². The zero-order chi connectivity index (χ0) is 20.2. The highest BCUT2D eigenvalue weighted by Crippen LogP contribution is 2.33. The van der Waals surface area contributed by atoms with Gasteiger partial charge in [0.15, 0.2) is 0 Å². The van der Waals surface area contributed by atoms with Crippen LogP contribution in [-0.4, -0.2) is 11.0 Å². The first-order chi connectivity index (χ1) is 14.2. The Labute approximate surface area is 178 Å². The number of carbonyl (C=O) groups excluding carboxylic acids is 1. The van der Waals surface area contributed by atoms with Crippen LogP contribution in [0.2, 0.25) is 0 Å². The summed E-state index contributed by atoms with van der Waals surface area (Å²) in [6.45, 7) is 2.15. The van der Waals surface area contributed by atoms with Crippen LogP contribution in [0.5, 0.6) is 5.75 Å². The lowest BCUT2D eigenvalue weighted by atomic mass is 10.1. The fraction of sp³-hybridized carbons (Fsp3) is 0.120. The minimum absolute atomic E-state index is 0.390. The van der Waals surface area contributed by atoms with E-state index in [1.807, 2.05) is 54.7 Å². The van der Waals surface area contributed by atoms with E-state index in [1.165, 1.54) is 5.56 Å². The van der Waals surface area contributed by atoms with Crippen molar-refractivity contribution in [3.8, 4) is 17.0 Å². The van der Waals surface area contributed by atoms with E-state index in [2.05, 4.69) is 33.9 Å². The predicted molar refractivity (Wildman–Crippen MR) is 120 cm³/mol. The molecule has 0 aliphatic rings. The number of esters is 1. The van der Waals surface area contributed by atoms with E-state index >= 15 is 0 Å². The Balaban J connectivity index is 1.52. The molecular weight excluding hydrogens is 426 g/mol. The lowest BCUT2D eigenvalue weighted by molar-refractivity contribution is 0.0734. The molecule has 4 aromatic rings. The number of hydrogen-bond donors (Lipinski definition) is 0. The van der Waals surface area contributed by atoms with Gasteiger partial charge in [0.05, 0.1) is 15.7 Å². The van der Waals surface area contributed by atoms with E-state index in [1.54, 1.807) is 18.2 Å². The third-order valence-corrected chi connectivity index (χ3v) is 5.63. The highest BCUT2D eigenvalue weighted by Gasteiger charge is 2.13. The van der Waals surface area contributed by atoms with E-state index < -0.39 is 5.97 Å². The van der Waals surface area contributed by atoms with Gasteiger partial charge in [-0.05, 0) is 63.0 Å². The zero-order valence-corrected chi connectivity index (χ0v) is 17.6. The summed E-state index contributed by atoms with van der Waals surface area (Å²) in [4.78, 5) is 17.1. The van der Waals surface area contributed by atoms with Gasteiger partial charge in [-0.2, -0.15) is 0 Å². The molecule has 4 heteroatoms. The van der Waals surface area contributed by atoms with Crippen molar-refractivity contribution in [3.63, 3.8) is 0 Å². The van der Waals surface area contributed by atoms with Crippen LogP contribution in [0.3, 0.4) is 0 Å². The van der Waals surface area contributed by atoms with Gasteiger partial charge in [0, 0.05) is 11.8 Å². The Morgan fingerprint density at radius 3 is 2.48 bits per heavy atom. The smallest absolute Gasteiger partial charge is 0.343 e. The molecule has 0 radical (unpaired) electrons. The van der Waals surface area contributed by atoms with Gasteiger partial charge in [0.1, 0.15) is 5.75 Å². The van der Waals surface area contributed by atoms with Crippen molar-refractivity contribution >= 4 is 32.7 Å². The second-order valence-electron chi connectivity index (χ2n) is 6.87. The third kappa shape index (κ3) is 4.22. The average molecular weight is 446 g/mol. The summed E-state index contributed by atoms with van der Waals surface area (Å²) in [5.41, 5.74) is 3.59. The van der Waals surface area contributed by atoms with E-state index in [0.717, 1.165) is 39.3 Å². The second-order valence-corrected chi connectivity index (χ2v) is 7.66. The molecule has 3 aromatic carbocycles. The monoisotopic (exact) mass is 445 g/mol. The molecule has 0 N–H and O–H groups in total. The summed E-state index contributed by atoms with van der Waals surface area (Å²) in [6, 6.07) is 23.2. The molecule has 3 nitrogen and oxygen atoms in total. The van der Waals surface area contributed by atoms with Gasteiger partial charge in [-0.25, -0.2) is 4.79 Å². The molecule has 0 bridgehead atoms. The number of fused-ring (bicyclic) bond motifs is 1. The minimum Gasteiger partial charge on any atom is -0.422 e. The molecular formula is C25H20BrNO2. The maximum atomic E-state index is 12.6. The van der Waals surface area contributed by atoms with Crippen LogP contribution in [0.1, 0.15) is 29.3 Å². The fourth-order valence-corrected chi connectivity index (χ4v) is 3.83. The fourth-order valence-electron chi connectivity index (χ4n) is 3.26. The van der Waals surface area contributed by atoms with Crippen LogP contribution in [0.15, 0.2) is 83.5 Å². The number of ether oxygens (including phenoxy) is 1. The van der Waals surface area contributed by atoms with Crippen LogP contribution in [0, 0.1) is 0 Å². The van der Waals surface area contributed by atoms with Crippen molar-refractivity contribution < 1.29 is 9.53 Å². The Morgan fingerprint density at radius 1 is 0.966 bits per heavy atom. The number of nitrogens with zero attached hydrogens (tertiary/aromatic N) is 1. The molecule has 1 aromatic heterocycles. The largest absolute Gasteiger partial charge is 0.422 e. The van der Waals surface area contributed by atoms with Gasteiger partial charge in [0.25, 0.3) is 0 Å². The molecule has 0 atom stereocenters. The summed E-state index contributed by atoms with van der Waals surface area (Å²) in [7, 11) is 0. The number of hydrogen-bond acceptors (Lipinski definition) is 3. The van der Waals surface area contributed by atoms with E-state index in [0.29, 0.717) is 11.3 Å². The van der Waals surface area contributed by atoms with Crippen LogP contribution in [0.25, 0.3) is 22.0 Å². The van der Waals surface area contributed by atoms with Crippen molar-refractivity contribution in [2.45, 2.75) is 19.8 Å². The van der Waals surface area contributed by atoms with Crippen molar-refractivity contribution in [1.82, 2.24) is 4.98 Å². The van der Waals surface area contributed by atoms with Crippen molar-refractivity contribution in [2.24, 2.45) is 0 Å². The Bertz CT molecular complexity index is 1150. The summed E-state index contributed by atoms with van der Waals surface area (Å²) >= 11 is 3.56. The molecule has 0 saturated heterocycles. The number of aryl methyl sites for hydroxylation is 1. The summed E-state index contributed by atoms with van der Waals surface area (Å²) in [5.74, 6) is 0.116. The van der Waals surface area contributed by atoms with Gasteiger partial charge in [0.2, 0.25) is 0 Å². The Kier molecular flexibility index (Phi) is 5.72. The molecule has 0 unspecified atom stereocenters. The lowest BCUT2D eigenvalue weighted by Gasteiger charge is -2.09. The highest BCUT2D eigenvalue weighted by molar-refractivity contribution is 9.10. The molecule has 0 saturated carbocycles. The molecule has 29 heavy (non-hydrogen) atoms. The third-order valence-electron chi connectivity index (χ3n) is 4.81. The number of halogens is 1. The van der Waals surface area contributed by atoms with Gasteiger partial charge in [-0.1, -0.05) is 61.9 Å². The van der Waals surface area contributed by atoms with E-state index in [4.69, 9.17) is 4.74 Å². The standard InChI is InChI=1S/C25H20BrNO2/c1-2-5-17-8-14-22(27-16-17)19-9-11-20(12-10-19)25(28)29-23-15-13-18-6-3-4-7-21(18)24(23)26/h3-4,6-16H,2,5H2,1H3. The van der Waals surface area contributed by atoms with Crippen LogP contribution in [0.4, 0.5) is 0 Å². The van der Waals surface area contributed by atoms with Gasteiger partial charge in [-0.15, -0.1) is 0 Å². The molecule has 0 spiro atoms. The number of benzene rings is 3. The average Bonchev–Trinajstić information content (AvgIpc) is 2.77. The van der Waals surface area contributed by atoms with Crippen LogP contribution in [-0.2, 0) is 6.42 Å². The maximum Gasteiger partial charge on any atom is 0.343 e. The zero-order valence-electron chi connectivity index (χ0n) is 16.1. The highest BCUT2D eigenvalue weighted by atomic mass is 79.9. The molecule has 0 amide bonds. The summed E-state index contributed by atoms with van der Waals surface area (Å²) < 4.78 is 6.40. The van der Waals surface area contributed by atoms with Crippen molar-refractivity contribution in [3.05, 3.63) is 94.6 Å². The predicted octanol–water partition coefficient (Wildman–Crippen LogP) is 6.84. The molecule has 0 fully saturated rings. The summed E-state index contributed by atoms with van der Waals surface area (Å²) in [6.07, 6.45) is 4.05. The molecule has 1 heterocycles. The quantitative estimate of drug-likeness (QED) is 0.249. The number of rotatable bonds is 5. The Hall–Kier alpha value is -2.98. The van der Waals surface area contributed by atoms with Crippen LogP contribution >= 0.6 is 15.9 Å². The number of aromatic nitrogens is 1. The van der Waals surface area contributed by atoms with Gasteiger partial charge in [-0.3, -0.25) is 4.98 Å². The topological polar surface area (TPSA) is 39.2 Å². The second kappa shape index (κ2) is 8.58. The van der Waals surface area contributed by atoms with Crippen molar-refractivity contribution in [2.75, 3.05) is 0 Å². The van der Waals surface area contributed by atoms with Crippen molar-refractivity contribution in [1.29, 1.82) is 0 Å². The maximum absolute atomic E-state index is 12.6. The van der Waals surface area contributed by atoms with E-state index in [-0.39, 0.29) is 0 Å². The van der Waals surface area contributed by atoms with Gasteiger partial charge >= 0.3 is 5.97 Å². The van der Waals surface area contributed by atoms with Crippen LogP contribution < -0.4 is 4.74 Å². The first kappa shape index (κ1) is 19.3. The lowest BCUT2D eigenvalue weighted by Crippen LogP contribution is -2.08. The first-order valence-electron chi connectivity index (χ1n) is 9.60. The molecule has 0 aliphatic carbocycles. The first-order valence-corrected chi connectivity index (χ1v) is 10.4. The SMILES string of the molecule is CCCc1ccc(-c2ccc(C(=O)Oc3ccc4ccccc4c3Br)cc2)nc1. The minimum atomic E-state index is -0.390. The Morgan fingerprint density at radius 2 is 1.76 bits per heavy atom.